The van der Waals surface area contributed by atoms with Gasteiger partial charge in [-0.05, 0) is 40.8 Å². The van der Waals surface area contributed by atoms with Crippen molar-refractivity contribution in [1.82, 2.24) is 20.2 Å². The summed E-state index contributed by atoms with van der Waals surface area (Å²) in [6.45, 7) is -1.61. The molecule has 6 nitrogen and oxygen atoms in total. The second-order valence-electron chi connectivity index (χ2n) is 5.50. The fraction of sp³-hybridized carbons (Fsp3) is 0.188. The largest absolute Gasteiger partial charge is 0.484 e. The fourth-order valence-electron chi connectivity index (χ4n) is 2.28. The zero-order valence-corrected chi connectivity index (χ0v) is 15.4. The second kappa shape index (κ2) is 8.19. The monoisotopic (exact) mass is 435 g/mol. The summed E-state index contributed by atoms with van der Waals surface area (Å²) in [5, 5.41) is 14.4. The van der Waals surface area contributed by atoms with Crippen LogP contribution in [-0.2, 0) is 6.54 Å². The Morgan fingerprint density at radius 1 is 1.14 bits per heavy atom. The Kier molecular flexibility index (Phi) is 5.90. The Morgan fingerprint density at radius 3 is 2.68 bits per heavy atom. The highest BCUT2D eigenvalue weighted by atomic mass is 35.5. The van der Waals surface area contributed by atoms with Gasteiger partial charge >= 0.3 is 6.18 Å². The van der Waals surface area contributed by atoms with Crippen LogP contribution < -0.4 is 10.1 Å². The maximum absolute atomic E-state index is 13.5. The molecule has 28 heavy (non-hydrogen) atoms. The summed E-state index contributed by atoms with van der Waals surface area (Å²) in [4.78, 5) is 0. The van der Waals surface area contributed by atoms with Gasteiger partial charge in [0.25, 0.3) is 0 Å². The first-order valence-corrected chi connectivity index (χ1v) is 8.45. The lowest BCUT2D eigenvalue weighted by Gasteiger charge is -2.14. The summed E-state index contributed by atoms with van der Waals surface area (Å²) in [6.07, 6.45) is -4.52. The van der Waals surface area contributed by atoms with Gasteiger partial charge in [0.2, 0.25) is 5.95 Å². The number of aromatic nitrogens is 4. The standard InChI is InChI=1S/C16H11Cl2F4N5O/c17-11-2-1-3-12(14(11)18)27-15(24-25-26-27)23-7-9-6-10(19)4-5-13(9)28-8-16(20,21)22/h1-6H,7-8H2,(H,23,24,26). The minimum Gasteiger partial charge on any atom is -0.484 e. The van der Waals surface area contributed by atoms with Crippen LogP contribution in [0.25, 0.3) is 5.69 Å². The third-order valence-electron chi connectivity index (χ3n) is 3.48. The topological polar surface area (TPSA) is 64.9 Å². The maximum Gasteiger partial charge on any atom is 0.422 e. The van der Waals surface area contributed by atoms with Crippen LogP contribution in [0.15, 0.2) is 36.4 Å². The van der Waals surface area contributed by atoms with Gasteiger partial charge in [-0.25, -0.2) is 4.39 Å². The SMILES string of the molecule is Fc1ccc(OCC(F)(F)F)c(CNc2nnnn2-c2cccc(Cl)c2Cl)c1. The molecular formula is C16H11Cl2F4N5O. The molecule has 0 aliphatic heterocycles. The zero-order valence-electron chi connectivity index (χ0n) is 13.8. The summed E-state index contributed by atoms with van der Waals surface area (Å²) >= 11 is 12.1. The second-order valence-corrected chi connectivity index (χ2v) is 6.28. The van der Waals surface area contributed by atoms with Crippen molar-refractivity contribution in [1.29, 1.82) is 0 Å². The molecule has 0 aliphatic rings. The van der Waals surface area contributed by atoms with Crippen molar-refractivity contribution in [3.63, 3.8) is 0 Å². The zero-order chi connectivity index (χ0) is 20.3. The molecule has 1 aromatic heterocycles. The highest BCUT2D eigenvalue weighted by molar-refractivity contribution is 6.43. The van der Waals surface area contributed by atoms with Crippen molar-refractivity contribution in [2.45, 2.75) is 12.7 Å². The summed E-state index contributed by atoms with van der Waals surface area (Å²) in [5.41, 5.74) is 0.533. The van der Waals surface area contributed by atoms with E-state index in [-0.39, 0.29) is 33.9 Å². The van der Waals surface area contributed by atoms with E-state index in [2.05, 4.69) is 20.8 Å². The van der Waals surface area contributed by atoms with Crippen molar-refractivity contribution >= 4 is 29.2 Å². The lowest BCUT2D eigenvalue weighted by atomic mass is 10.2. The normalized spacial score (nSPS) is 11.5. The Hall–Kier alpha value is -2.59. The highest BCUT2D eigenvalue weighted by Gasteiger charge is 2.29. The van der Waals surface area contributed by atoms with Crippen molar-refractivity contribution in [3.8, 4) is 11.4 Å². The van der Waals surface area contributed by atoms with Crippen LogP contribution in [-0.4, -0.2) is 33.0 Å². The summed E-state index contributed by atoms with van der Waals surface area (Å²) < 4.78 is 56.8. The molecule has 0 saturated carbocycles. The van der Waals surface area contributed by atoms with Gasteiger partial charge in [0, 0.05) is 12.1 Å². The third kappa shape index (κ3) is 4.82. The first-order chi connectivity index (χ1) is 13.2. The molecule has 0 bridgehead atoms. The smallest absolute Gasteiger partial charge is 0.422 e. The molecule has 0 saturated heterocycles. The van der Waals surface area contributed by atoms with E-state index in [0.717, 1.165) is 18.2 Å². The van der Waals surface area contributed by atoms with Crippen molar-refractivity contribution < 1.29 is 22.3 Å². The summed E-state index contributed by atoms with van der Waals surface area (Å²) in [6, 6.07) is 8.03. The van der Waals surface area contributed by atoms with Gasteiger partial charge in [-0.15, -0.1) is 0 Å². The predicted molar refractivity (Wildman–Crippen MR) is 94.5 cm³/mol. The average Bonchev–Trinajstić information content (AvgIpc) is 3.09. The minimum absolute atomic E-state index is 0.108. The van der Waals surface area contributed by atoms with Crippen molar-refractivity contribution in [2.75, 3.05) is 11.9 Å². The van der Waals surface area contributed by atoms with Gasteiger partial charge in [0.05, 0.1) is 15.7 Å². The Bertz CT molecular complexity index is 980. The molecule has 0 aliphatic carbocycles. The molecule has 12 heteroatoms. The van der Waals surface area contributed by atoms with E-state index >= 15 is 0 Å². The van der Waals surface area contributed by atoms with E-state index in [0.29, 0.717) is 5.69 Å². The van der Waals surface area contributed by atoms with Crippen molar-refractivity contribution in [3.05, 3.63) is 57.8 Å². The van der Waals surface area contributed by atoms with E-state index in [4.69, 9.17) is 27.9 Å². The number of benzene rings is 2. The van der Waals surface area contributed by atoms with Gasteiger partial charge < -0.3 is 10.1 Å². The fourth-order valence-corrected chi connectivity index (χ4v) is 2.65. The molecule has 3 aromatic rings. The van der Waals surface area contributed by atoms with Gasteiger partial charge in [0.1, 0.15) is 11.6 Å². The average molecular weight is 436 g/mol. The van der Waals surface area contributed by atoms with Crippen molar-refractivity contribution in [2.24, 2.45) is 0 Å². The van der Waals surface area contributed by atoms with Gasteiger partial charge in [0.15, 0.2) is 6.61 Å². The number of ether oxygens (including phenoxy) is 1. The van der Waals surface area contributed by atoms with E-state index in [1.165, 1.54) is 4.68 Å². The van der Waals surface area contributed by atoms with Crippen LogP contribution in [0.5, 0.6) is 5.75 Å². The minimum atomic E-state index is -4.52. The number of tetrazole rings is 1. The molecule has 0 unspecified atom stereocenters. The number of nitrogens with one attached hydrogen (secondary N) is 1. The first kappa shape index (κ1) is 20.2. The van der Waals surface area contributed by atoms with Crippen LogP contribution in [0.1, 0.15) is 5.56 Å². The van der Waals surface area contributed by atoms with Crippen LogP contribution in [0.4, 0.5) is 23.5 Å². The highest BCUT2D eigenvalue weighted by Crippen LogP contribution is 2.29. The molecule has 1 N–H and O–H groups in total. The molecule has 1 heterocycles. The number of hydrogen-bond donors (Lipinski definition) is 1. The lowest BCUT2D eigenvalue weighted by molar-refractivity contribution is -0.153. The number of nitrogens with zero attached hydrogens (tertiary/aromatic N) is 4. The van der Waals surface area contributed by atoms with E-state index in [1.807, 2.05) is 0 Å². The summed E-state index contributed by atoms with van der Waals surface area (Å²) in [5.74, 6) is -0.630. The lowest BCUT2D eigenvalue weighted by Crippen LogP contribution is -2.20. The molecule has 3 rings (SSSR count). The van der Waals surface area contributed by atoms with Crippen LogP contribution in [0.2, 0.25) is 10.0 Å². The number of hydrogen-bond acceptors (Lipinski definition) is 5. The van der Waals surface area contributed by atoms with Crippen LogP contribution in [0.3, 0.4) is 0 Å². The Morgan fingerprint density at radius 2 is 1.93 bits per heavy atom. The molecule has 0 fully saturated rings. The predicted octanol–water partition coefficient (Wildman–Crippen LogP) is 4.66. The molecule has 0 atom stereocenters. The van der Waals surface area contributed by atoms with Gasteiger partial charge in [-0.3, -0.25) is 0 Å². The number of halogens is 6. The van der Waals surface area contributed by atoms with Crippen LogP contribution in [0, 0.1) is 5.82 Å². The molecule has 0 spiro atoms. The molecule has 0 radical (unpaired) electrons. The first-order valence-electron chi connectivity index (χ1n) is 7.69. The Balaban J connectivity index is 1.81. The third-order valence-corrected chi connectivity index (χ3v) is 4.29. The van der Waals surface area contributed by atoms with Gasteiger partial charge in [-0.2, -0.15) is 17.9 Å². The number of rotatable bonds is 6. The molecular weight excluding hydrogens is 425 g/mol. The quantitative estimate of drug-likeness (QED) is 0.570. The van der Waals surface area contributed by atoms with E-state index in [1.54, 1.807) is 18.2 Å². The molecule has 148 valence electrons. The molecule has 2 aromatic carbocycles. The molecule has 0 amide bonds. The number of alkyl halides is 3. The van der Waals surface area contributed by atoms with Crippen LogP contribution >= 0.6 is 23.2 Å². The van der Waals surface area contributed by atoms with Gasteiger partial charge in [-0.1, -0.05) is 34.4 Å². The summed E-state index contributed by atoms with van der Waals surface area (Å²) in [7, 11) is 0. The number of anilines is 1. The Labute approximate surface area is 166 Å². The van der Waals surface area contributed by atoms with E-state index in [9.17, 15) is 17.6 Å². The van der Waals surface area contributed by atoms with E-state index < -0.39 is 18.6 Å². The maximum atomic E-state index is 13.5.